The first-order valence-electron chi connectivity index (χ1n) is 6.77. The number of imidazole rings is 1. The molecule has 19 heavy (non-hydrogen) atoms. The fourth-order valence-corrected chi connectivity index (χ4v) is 4.32. The third-order valence-electron chi connectivity index (χ3n) is 3.75. The lowest BCUT2D eigenvalue weighted by Gasteiger charge is -2.22. The Morgan fingerprint density at radius 2 is 2.26 bits per heavy atom. The van der Waals surface area contributed by atoms with Crippen molar-refractivity contribution in [1.82, 2.24) is 19.3 Å². The normalized spacial score (nSPS) is 20.3. The van der Waals surface area contributed by atoms with Gasteiger partial charge in [0.05, 0.1) is 11.6 Å². The van der Waals surface area contributed by atoms with Crippen LogP contribution in [0.4, 0.5) is 0 Å². The number of fused-ring (bicyclic) bond motifs is 1. The number of aromatic nitrogens is 4. The van der Waals surface area contributed by atoms with E-state index in [9.17, 15) is 0 Å². The Hall–Kier alpha value is -0.680. The van der Waals surface area contributed by atoms with Gasteiger partial charge in [-0.3, -0.25) is 4.68 Å². The Morgan fingerprint density at radius 1 is 1.42 bits per heavy atom. The summed E-state index contributed by atoms with van der Waals surface area (Å²) < 4.78 is 4.20. The van der Waals surface area contributed by atoms with Gasteiger partial charge in [-0.2, -0.15) is 16.9 Å². The molecular formula is C13H19ClN4S. The van der Waals surface area contributed by atoms with Gasteiger partial charge in [0.1, 0.15) is 11.3 Å². The molecule has 2 aromatic heterocycles. The van der Waals surface area contributed by atoms with Crippen molar-refractivity contribution < 1.29 is 0 Å². The molecule has 1 fully saturated rings. The first kappa shape index (κ1) is 13.3. The van der Waals surface area contributed by atoms with Crippen molar-refractivity contribution in [3.05, 3.63) is 11.5 Å². The molecule has 3 heterocycles. The number of hydrogen-bond donors (Lipinski definition) is 0. The minimum atomic E-state index is 0.464. The zero-order valence-electron chi connectivity index (χ0n) is 11.4. The van der Waals surface area contributed by atoms with Crippen molar-refractivity contribution in [2.24, 2.45) is 7.05 Å². The lowest BCUT2D eigenvalue weighted by molar-refractivity contribution is 0.571. The summed E-state index contributed by atoms with van der Waals surface area (Å²) in [6, 6.07) is 0. The van der Waals surface area contributed by atoms with Crippen LogP contribution in [0, 0.1) is 6.92 Å². The molecule has 4 nitrogen and oxygen atoms in total. The van der Waals surface area contributed by atoms with E-state index in [2.05, 4.69) is 26.4 Å². The summed E-state index contributed by atoms with van der Waals surface area (Å²) in [7, 11) is 1.99. The molecule has 0 radical (unpaired) electrons. The SMILES string of the molecule is Cc1nn(C)c2c1nc(CCl)n2CC1CCCCS1. The zero-order chi connectivity index (χ0) is 13.4. The predicted molar refractivity (Wildman–Crippen MR) is 80.9 cm³/mol. The largest absolute Gasteiger partial charge is 0.311 e. The fourth-order valence-electron chi connectivity index (χ4n) is 2.83. The number of rotatable bonds is 3. The van der Waals surface area contributed by atoms with Gasteiger partial charge in [0.15, 0.2) is 5.65 Å². The Labute approximate surface area is 122 Å². The highest BCUT2D eigenvalue weighted by Crippen LogP contribution is 2.29. The van der Waals surface area contributed by atoms with Gasteiger partial charge in [-0.05, 0) is 25.5 Å². The van der Waals surface area contributed by atoms with E-state index in [1.807, 2.05) is 18.7 Å². The van der Waals surface area contributed by atoms with E-state index in [0.29, 0.717) is 11.1 Å². The number of halogens is 1. The standard InChI is InChI=1S/C13H19ClN4S/c1-9-12-13(17(2)16-9)18(11(7-14)15-12)8-10-5-3-4-6-19-10/h10H,3-8H2,1-2H3. The molecule has 0 amide bonds. The van der Waals surface area contributed by atoms with Gasteiger partial charge in [-0.1, -0.05) is 6.42 Å². The van der Waals surface area contributed by atoms with Crippen LogP contribution >= 0.6 is 23.4 Å². The van der Waals surface area contributed by atoms with Crippen molar-refractivity contribution in [3.8, 4) is 0 Å². The summed E-state index contributed by atoms with van der Waals surface area (Å²) in [6.07, 6.45) is 3.99. The molecule has 1 unspecified atom stereocenters. The van der Waals surface area contributed by atoms with E-state index < -0.39 is 0 Å². The average Bonchev–Trinajstić information content (AvgIpc) is 2.91. The molecular weight excluding hydrogens is 280 g/mol. The fraction of sp³-hybridized carbons (Fsp3) is 0.692. The number of alkyl halides is 1. The summed E-state index contributed by atoms with van der Waals surface area (Å²) in [4.78, 5) is 4.66. The zero-order valence-corrected chi connectivity index (χ0v) is 13.0. The van der Waals surface area contributed by atoms with E-state index in [1.54, 1.807) is 0 Å². The number of thioether (sulfide) groups is 1. The molecule has 0 saturated carbocycles. The Balaban J connectivity index is 1.99. The van der Waals surface area contributed by atoms with E-state index >= 15 is 0 Å². The van der Waals surface area contributed by atoms with Crippen LogP contribution in [0.2, 0.25) is 0 Å². The van der Waals surface area contributed by atoms with Crippen molar-refractivity contribution in [2.45, 2.75) is 43.9 Å². The number of nitrogens with zero attached hydrogens (tertiary/aromatic N) is 4. The minimum Gasteiger partial charge on any atom is -0.311 e. The summed E-state index contributed by atoms with van der Waals surface area (Å²) in [5, 5.41) is 5.15. The molecule has 1 aliphatic heterocycles. The average molecular weight is 299 g/mol. The third-order valence-corrected chi connectivity index (χ3v) is 5.37. The van der Waals surface area contributed by atoms with Crippen LogP contribution in [-0.4, -0.2) is 30.3 Å². The van der Waals surface area contributed by atoms with Crippen LogP contribution < -0.4 is 0 Å². The van der Waals surface area contributed by atoms with Crippen LogP contribution in [0.25, 0.3) is 11.2 Å². The second kappa shape index (κ2) is 5.37. The molecule has 0 bridgehead atoms. The molecule has 1 aliphatic rings. The maximum absolute atomic E-state index is 6.06. The van der Waals surface area contributed by atoms with Gasteiger partial charge in [-0.25, -0.2) is 4.98 Å². The van der Waals surface area contributed by atoms with E-state index in [-0.39, 0.29) is 0 Å². The van der Waals surface area contributed by atoms with Crippen LogP contribution in [0.5, 0.6) is 0 Å². The van der Waals surface area contributed by atoms with Gasteiger partial charge in [-0.15, -0.1) is 11.6 Å². The van der Waals surface area contributed by atoms with Gasteiger partial charge in [0.25, 0.3) is 0 Å². The van der Waals surface area contributed by atoms with Gasteiger partial charge >= 0.3 is 0 Å². The number of aryl methyl sites for hydroxylation is 2. The third kappa shape index (κ3) is 2.38. The summed E-state index contributed by atoms with van der Waals surface area (Å²) in [5.41, 5.74) is 3.09. The first-order chi connectivity index (χ1) is 9.20. The molecule has 104 valence electrons. The van der Waals surface area contributed by atoms with E-state index in [4.69, 9.17) is 11.6 Å². The maximum Gasteiger partial charge on any atom is 0.158 e. The maximum atomic E-state index is 6.06. The molecule has 6 heteroatoms. The smallest absolute Gasteiger partial charge is 0.158 e. The van der Waals surface area contributed by atoms with Crippen molar-refractivity contribution >= 4 is 34.5 Å². The van der Waals surface area contributed by atoms with Crippen LogP contribution in [0.15, 0.2) is 0 Å². The molecule has 1 atom stereocenters. The Kier molecular flexibility index (Phi) is 3.76. The molecule has 2 aromatic rings. The predicted octanol–water partition coefficient (Wildman–Crippen LogP) is 3.10. The van der Waals surface area contributed by atoms with E-state index in [1.165, 1.54) is 25.0 Å². The highest BCUT2D eigenvalue weighted by atomic mass is 35.5. The van der Waals surface area contributed by atoms with Crippen molar-refractivity contribution in [1.29, 1.82) is 0 Å². The molecule has 0 spiro atoms. The molecule has 1 saturated heterocycles. The number of hydrogen-bond acceptors (Lipinski definition) is 3. The quantitative estimate of drug-likeness (QED) is 0.817. The monoisotopic (exact) mass is 298 g/mol. The lowest BCUT2D eigenvalue weighted by atomic mass is 10.2. The molecule has 3 rings (SSSR count). The second-order valence-electron chi connectivity index (χ2n) is 5.14. The molecule has 0 aliphatic carbocycles. The molecule has 0 N–H and O–H groups in total. The van der Waals surface area contributed by atoms with Crippen LogP contribution in [-0.2, 0) is 19.5 Å². The van der Waals surface area contributed by atoms with Crippen LogP contribution in [0.3, 0.4) is 0 Å². The van der Waals surface area contributed by atoms with Gasteiger partial charge < -0.3 is 4.57 Å². The van der Waals surface area contributed by atoms with Gasteiger partial charge in [0, 0.05) is 18.8 Å². The second-order valence-corrected chi connectivity index (χ2v) is 6.82. The topological polar surface area (TPSA) is 35.6 Å². The summed E-state index contributed by atoms with van der Waals surface area (Å²) in [6.45, 7) is 3.01. The minimum absolute atomic E-state index is 0.464. The highest BCUT2D eigenvalue weighted by molar-refractivity contribution is 7.99. The summed E-state index contributed by atoms with van der Waals surface area (Å²) in [5.74, 6) is 2.72. The Bertz CT molecular complexity index is 583. The summed E-state index contributed by atoms with van der Waals surface area (Å²) >= 11 is 8.14. The van der Waals surface area contributed by atoms with Crippen LogP contribution in [0.1, 0.15) is 30.8 Å². The molecule has 0 aromatic carbocycles. The van der Waals surface area contributed by atoms with E-state index in [0.717, 1.165) is 29.2 Å². The lowest BCUT2D eigenvalue weighted by Crippen LogP contribution is -2.19. The van der Waals surface area contributed by atoms with Gasteiger partial charge in [0.2, 0.25) is 0 Å². The Morgan fingerprint density at radius 3 is 2.95 bits per heavy atom. The van der Waals surface area contributed by atoms with Crippen molar-refractivity contribution in [3.63, 3.8) is 0 Å². The highest BCUT2D eigenvalue weighted by Gasteiger charge is 2.21. The first-order valence-corrected chi connectivity index (χ1v) is 8.35. The van der Waals surface area contributed by atoms with Crippen molar-refractivity contribution in [2.75, 3.05) is 5.75 Å².